The number of hydrogen-bond acceptors (Lipinski definition) is 4. The molecule has 2 N–H and O–H groups in total. The molecule has 0 bridgehead atoms. The molecule has 0 radical (unpaired) electrons. The average molecular weight is 429 g/mol. The molecule has 2 aromatic carbocycles. The molecule has 0 aliphatic carbocycles. The van der Waals surface area contributed by atoms with Crippen LogP contribution in [0.2, 0.25) is 10.0 Å². The van der Waals surface area contributed by atoms with Crippen molar-refractivity contribution in [3.8, 4) is 0 Å². The molecule has 9 heteroatoms. The van der Waals surface area contributed by atoms with Crippen LogP contribution in [0, 0.1) is 6.92 Å². The predicted octanol–water partition coefficient (Wildman–Crippen LogP) is 3.22. The summed E-state index contributed by atoms with van der Waals surface area (Å²) in [7, 11) is -3.69. The Bertz CT molecular complexity index is 962. The molecule has 0 saturated heterocycles. The lowest BCUT2D eigenvalue weighted by atomic mass is 10.2. The van der Waals surface area contributed by atoms with Gasteiger partial charge in [0.15, 0.2) is 9.84 Å². The maximum atomic E-state index is 12.2. The highest BCUT2D eigenvalue weighted by Gasteiger charge is 2.19. The van der Waals surface area contributed by atoms with Gasteiger partial charge < -0.3 is 10.6 Å². The molecule has 0 aliphatic heterocycles. The van der Waals surface area contributed by atoms with Crippen molar-refractivity contribution in [1.82, 2.24) is 5.32 Å². The number of sulfone groups is 1. The summed E-state index contributed by atoms with van der Waals surface area (Å²) >= 11 is 11.9. The van der Waals surface area contributed by atoms with Crippen molar-refractivity contribution in [1.29, 1.82) is 0 Å². The van der Waals surface area contributed by atoms with E-state index in [1.807, 2.05) is 0 Å². The number of rotatable bonds is 7. The summed E-state index contributed by atoms with van der Waals surface area (Å²) < 4.78 is 24.5. The monoisotopic (exact) mass is 428 g/mol. The van der Waals surface area contributed by atoms with Crippen LogP contribution in [0.1, 0.15) is 12.0 Å². The maximum absolute atomic E-state index is 12.2. The van der Waals surface area contributed by atoms with Crippen molar-refractivity contribution >= 4 is 50.5 Å². The van der Waals surface area contributed by atoms with Crippen molar-refractivity contribution in [2.75, 3.05) is 17.6 Å². The van der Waals surface area contributed by atoms with E-state index in [0.717, 1.165) is 0 Å². The number of amides is 2. The van der Waals surface area contributed by atoms with Crippen molar-refractivity contribution in [3.63, 3.8) is 0 Å². The topological polar surface area (TPSA) is 92.3 Å². The zero-order valence-electron chi connectivity index (χ0n) is 14.5. The number of anilines is 1. The van der Waals surface area contributed by atoms with Gasteiger partial charge in [0.1, 0.15) is 0 Å². The zero-order valence-corrected chi connectivity index (χ0v) is 16.8. The molecular weight excluding hydrogens is 411 g/mol. The summed E-state index contributed by atoms with van der Waals surface area (Å²) in [6.07, 6.45) is -0.281. The molecule has 0 spiro atoms. The molecule has 0 heterocycles. The first kappa shape index (κ1) is 21.2. The fraction of sp³-hybridized carbons (Fsp3) is 0.222. The molecule has 0 aliphatic rings. The fourth-order valence-corrected chi connectivity index (χ4v) is 4.23. The minimum absolute atomic E-state index is 0.0198. The Kier molecular flexibility index (Phi) is 7.24. The molecular formula is C18H18Cl2N2O4S. The second kappa shape index (κ2) is 9.21. The van der Waals surface area contributed by atoms with Crippen molar-refractivity contribution < 1.29 is 18.0 Å². The predicted molar refractivity (Wildman–Crippen MR) is 106 cm³/mol. The van der Waals surface area contributed by atoms with Crippen molar-refractivity contribution in [2.45, 2.75) is 18.2 Å². The van der Waals surface area contributed by atoms with E-state index in [2.05, 4.69) is 10.6 Å². The highest BCUT2D eigenvalue weighted by molar-refractivity contribution is 7.91. The highest BCUT2D eigenvalue weighted by atomic mass is 35.5. The molecule has 0 fully saturated rings. The lowest BCUT2D eigenvalue weighted by Gasteiger charge is -2.10. The van der Waals surface area contributed by atoms with Gasteiger partial charge in [0.25, 0.3) is 0 Å². The third-order valence-corrected chi connectivity index (χ3v) is 6.38. The summed E-state index contributed by atoms with van der Waals surface area (Å²) in [5.74, 6) is -1.40. The fourth-order valence-electron chi connectivity index (χ4n) is 2.24. The average Bonchev–Trinajstić information content (AvgIpc) is 2.62. The minimum atomic E-state index is -3.69. The molecule has 2 amide bonds. The molecule has 0 saturated carbocycles. The van der Waals surface area contributed by atoms with Crippen LogP contribution < -0.4 is 10.6 Å². The Morgan fingerprint density at radius 2 is 1.63 bits per heavy atom. The number of hydrogen-bond donors (Lipinski definition) is 2. The smallest absolute Gasteiger partial charge is 0.243 e. The summed E-state index contributed by atoms with van der Waals surface area (Å²) in [6.45, 7) is 1.48. The number of nitrogens with one attached hydrogen (secondary N) is 2. The molecule has 0 atom stereocenters. The Hall–Kier alpha value is -2.09. The lowest BCUT2D eigenvalue weighted by molar-refractivity contribution is -0.123. The van der Waals surface area contributed by atoms with Gasteiger partial charge in [0.05, 0.1) is 22.2 Å². The van der Waals surface area contributed by atoms with Crippen LogP contribution in [0.5, 0.6) is 0 Å². The molecule has 2 rings (SSSR count). The van der Waals surface area contributed by atoms with E-state index >= 15 is 0 Å². The van der Waals surface area contributed by atoms with Crippen LogP contribution in [-0.4, -0.2) is 32.5 Å². The van der Waals surface area contributed by atoms with Gasteiger partial charge in [-0.05, 0) is 36.8 Å². The highest BCUT2D eigenvalue weighted by Crippen LogP contribution is 2.23. The van der Waals surface area contributed by atoms with Gasteiger partial charge in [-0.15, -0.1) is 0 Å². The Morgan fingerprint density at radius 3 is 2.33 bits per heavy atom. The summed E-state index contributed by atoms with van der Waals surface area (Å²) in [6, 6.07) is 11.1. The summed E-state index contributed by atoms with van der Waals surface area (Å²) in [5.41, 5.74) is 1.26. The first-order chi connectivity index (χ1) is 12.7. The van der Waals surface area contributed by atoms with Gasteiger partial charge >= 0.3 is 0 Å². The van der Waals surface area contributed by atoms with E-state index in [0.29, 0.717) is 16.3 Å². The van der Waals surface area contributed by atoms with Crippen LogP contribution in [0.15, 0.2) is 47.4 Å². The molecule has 144 valence electrons. The van der Waals surface area contributed by atoms with Crippen LogP contribution in [-0.2, 0) is 19.4 Å². The Balaban J connectivity index is 1.85. The van der Waals surface area contributed by atoms with Crippen LogP contribution in [0.25, 0.3) is 0 Å². The quantitative estimate of drug-likeness (QED) is 0.707. The normalized spacial score (nSPS) is 11.1. The van der Waals surface area contributed by atoms with Crippen LogP contribution >= 0.6 is 23.2 Å². The Morgan fingerprint density at radius 1 is 0.963 bits per heavy atom. The van der Waals surface area contributed by atoms with Gasteiger partial charge in [-0.3, -0.25) is 9.59 Å². The molecule has 0 aromatic heterocycles. The molecule has 27 heavy (non-hydrogen) atoms. The van der Waals surface area contributed by atoms with Gasteiger partial charge in [0, 0.05) is 17.1 Å². The van der Waals surface area contributed by atoms with E-state index in [9.17, 15) is 18.0 Å². The third-order valence-electron chi connectivity index (χ3n) is 3.76. The second-order valence-electron chi connectivity index (χ2n) is 5.74. The van der Waals surface area contributed by atoms with E-state index in [1.165, 1.54) is 12.1 Å². The minimum Gasteiger partial charge on any atom is -0.347 e. The summed E-state index contributed by atoms with van der Waals surface area (Å²) in [5, 5.41) is 5.65. The number of benzene rings is 2. The standard InChI is InChI=1S/C18H18Cl2N2O4S/c1-12-13(19)6-4-7-15(12)22-18(24)11-21-17(23)9-10-27(25,26)16-8-3-2-5-14(16)20/h2-8H,9-11H2,1H3,(H,21,23)(H,22,24). The van der Waals surface area contributed by atoms with Crippen molar-refractivity contribution in [3.05, 3.63) is 58.1 Å². The van der Waals surface area contributed by atoms with Crippen LogP contribution in [0.4, 0.5) is 5.69 Å². The van der Waals surface area contributed by atoms with Gasteiger partial charge in [-0.2, -0.15) is 0 Å². The van der Waals surface area contributed by atoms with Crippen molar-refractivity contribution in [2.24, 2.45) is 0 Å². The van der Waals surface area contributed by atoms with E-state index in [1.54, 1.807) is 37.3 Å². The largest absolute Gasteiger partial charge is 0.347 e. The molecule has 6 nitrogen and oxygen atoms in total. The van der Waals surface area contributed by atoms with E-state index in [-0.39, 0.29) is 22.9 Å². The number of carbonyl (C=O) groups excluding carboxylic acids is 2. The molecule has 0 unspecified atom stereocenters. The lowest BCUT2D eigenvalue weighted by Crippen LogP contribution is -2.33. The van der Waals surface area contributed by atoms with Gasteiger partial charge in [-0.1, -0.05) is 41.4 Å². The number of carbonyl (C=O) groups is 2. The van der Waals surface area contributed by atoms with E-state index < -0.39 is 27.4 Å². The van der Waals surface area contributed by atoms with Crippen LogP contribution in [0.3, 0.4) is 0 Å². The summed E-state index contributed by atoms with van der Waals surface area (Å²) in [4.78, 5) is 23.8. The zero-order chi connectivity index (χ0) is 20.0. The third kappa shape index (κ3) is 5.95. The molecule has 2 aromatic rings. The SMILES string of the molecule is Cc1c(Cl)cccc1NC(=O)CNC(=O)CCS(=O)(=O)c1ccccc1Cl. The second-order valence-corrected chi connectivity index (χ2v) is 8.63. The number of halogens is 2. The van der Waals surface area contributed by atoms with Gasteiger partial charge in [0.2, 0.25) is 11.8 Å². The van der Waals surface area contributed by atoms with Gasteiger partial charge in [-0.25, -0.2) is 8.42 Å². The maximum Gasteiger partial charge on any atom is 0.243 e. The first-order valence-corrected chi connectivity index (χ1v) is 10.4. The van der Waals surface area contributed by atoms with E-state index in [4.69, 9.17) is 23.2 Å². The Labute approximate surface area is 167 Å². The first-order valence-electron chi connectivity index (χ1n) is 7.99.